The highest BCUT2D eigenvalue weighted by atomic mass is 16.5. The largest absolute Gasteiger partial charge is 0.504 e. The van der Waals surface area contributed by atoms with E-state index in [0.717, 1.165) is 49.4 Å². The highest BCUT2D eigenvalue weighted by molar-refractivity contribution is 6.19. The third kappa shape index (κ3) is 2.40. The molecular weight excluding hydrogens is 444 g/mol. The van der Waals surface area contributed by atoms with Gasteiger partial charge in [0.1, 0.15) is 6.10 Å². The number of piperidine rings is 1. The van der Waals surface area contributed by atoms with Crippen molar-refractivity contribution in [3.8, 4) is 11.5 Å². The Morgan fingerprint density at radius 1 is 1.03 bits per heavy atom. The lowest BCUT2D eigenvalue weighted by molar-refractivity contribution is -0.201. The summed E-state index contributed by atoms with van der Waals surface area (Å²) in [6, 6.07) is 3.25. The molecule has 7 heteroatoms. The molecule has 8 rings (SSSR count). The summed E-state index contributed by atoms with van der Waals surface area (Å²) in [5.74, 6) is 0.972. The van der Waals surface area contributed by atoms with Gasteiger partial charge in [-0.25, -0.2) is 0 Å². The van der Waals surface area contributed by atoms with Crippen molar-refractivity contribution in [3.05, 3.63) is 34.4 Å². The van der Waals surface area contributed by atoms with Crippen molar-refractivity contribution in [3.63, 3.8) is 0 Å². The number of aliphatic hydroxyl groups is 1. The Morgan fingerprint density at radius 2 is 1.77 bits per heavy atom. The Hall–Kier alpha value is -2.38. The molecule has 35 heavy (non-hydrogen) atoms. The molecule has 7 nitrogen and oxygen atoms in total. The van der Waals surface area contributed by atoms with Crippen LogP contribution in [0.25, 0.3) is 0 Å². The van der Waals surface area contributed by atoms with Gasteiger partial charge in [-0.2, -0.15) is 0 Å². The predicted octanol–water partition coefficient (Wildman–Crippen LogP) is 2.56. The molecule has 1 aromatic rings. The molecule has 1 spiro atoms. The van der Waals surface area contributed by atoms with Gasteiger partial charge in [-0.15, -0.1) is 0 Å². The van der Waals surface area contributed by atoms with Crippen LogP contribution in [-0.4, -0.2) is 68.7 Å². The number of nitrogens with zero attached hydrogens (tertiary/aromatic N) is 2. The van der Waals surface area contributed by atoms with Gasteiger partial charge in [0.2, 0.25) is 0 Å². The molecule has 3 aliphatic heterocycles. The second-order valence-electron chi connectivity index (χ2n) is 12.0. The fraction of sp³-hybridized carbons (Fsp3) is 0.643. The van der Waals surface area contributed by atoms with Crippen LogP contribution in [0.15, 0.2) is 23.3 Å². The van der Waals surface area contributed by atoms with Crippen LogP contribution in [0.5, 0.6) is 11.5 Å². The van der Waals surface area contributed by atoms with E-state index >= 15 is 0 Å². The van der Waals surface area contributed by atoms with Gasteiger partial charge in [0, 0.05) is 29.3 Å². The third-order valence-electron chi connectivity index (χ3n) is 10.5. The van der Waals surface area contributed by atoms with Gasteiger partial charge in [0.25, 0.3) is 11.8 Å². The Kier molecular flexibility index (Phi) is 3.97. The maximum atomic E-state index is 13.5. The Balaban J connectivity index is 1.26. The molecule has 3 fully saturated rings. The molecule has 0 aromatic heterocycles. The van der Waals surface area contributed by atoms with E-state index < -0.39 is 23.2 Å². The van der Waals surface area contributed by atoms with Crippen LogP contribution in [0.1, 0.15) is 68.9 Å². The van der Waals surface area contributed by atoms with Crippen LogP contribution in [-0.2, 0) is 21.4 Å². The van der Waals surface area contributed by atoms with E-state index in [-0.39, 0.29) is 23.6 Å². The van der Waals surface area contributed by atoms with Crippen molar-refractivity contribution in [2.75, 3.05) is 13.1 Å². The minimum Gasteiger partial charge on any atom is -0.504 e. The fourth-order valence-electron chi connectivity index (χ4n) is 8.78. The number of carbonyl (C=O) groups excluding carboxylic acids is 2. The third-order valence-corrected chi connectivity index (χ3v) is 10.5. The molecule has 0 radical (unpaired) electrons. The summed E-state index contributed by atoms with van der Waals surface area (Å²) in [4.78, 5) is 31.1. The number of ether oxygens (including phenoxy) is 1. The minimum absolute atomic E-state index is 0.0109. The summed E-state index contributed by atoms with van der Waals surface area (Å²) in [5, 5.41) is 23.4. The number of phenolic OH excluding ortho intramolecular Hbond substituents is 1. The normalized spacial score (nSPS) is 39.6. The van der Waals surface area contributed by atoms with Crippen LogP contribution in [0, 0.1) is 5.92 Å². The smallest absolute Gasteiger partial charge is 0.257 e. The average Bonchev–Trinajstić information content (AvgIpc) is 3.54. The van der Waals surface area contributed by atoms with Crippen LogP contribution in [0.4, 0.5) is 0 Å². The molecule has 2 bridgehead atoms. The first-order chi connectivity index (χ1) is 16.9. The first-order valence-electron chi connectivity index (χ1n) is 13.5. The van der Waals surface area contributed by atoms with Gasteiger partial charge in [-0.05, 0) is 88.3 Å². The zero-order valence-corrected chi connectivity index (χ0v) is 20.0. The van der Waals surface area contributed by atoms with E-state index in [9.17, 15) is 19.8 Å². The number of hydrogen-bond acceptors (Lipinski definition) is 6. The number of likely N-dealkylation sites (tertiary alicyclic amines) is 1. The molecule has 2 amide bonds. The quantitative estimate of drug-likeness (QED) is 0.652. The number of imide groups is 1. The standard InChI is InChI=1S/C28H32N2O5/c31-20-8-7-16-13-21-28(34)10-9-19(30-25(32)17-3-1-2-4-18(17)26(30)33)24-27(28,22(16)23(20)35-24)11-12-29(21)14-15-5-6-15/h7-8,15,19,21,24,31,34H,1-6,9-14H2/t19-,21+,24+,27+,28-/m1/s1. The minimum atomic E-state index is -1.01. The van der Waals surface area contributed by atoms with Crippen LogP contribution >= 0.6 is 0 Å². The topological polar surface area (TPSA) is 90.3 Å². The van der Waals surface area contributed by atoms with Crippen molar-refractivity contribution >= 4 is 11.8 Å². The van der Waals surface area contributed by atoms with E-state index in [1.54, 1.807) is 6.07 Å². The summed E-state index contributed by atoms with van der Waals surface area (Å²) in [6.45, 7) is 1.89. The Morgan fingerprint density at radius 3 is 2.49 bits per heavy atom. The van der Waals surface area contributed by atoms with E-state index in [2.05, 4.69) is 4.90 Å². The van der Waals surface area contributed by atoms with Gasteiger partial charge in [-0.1, -0.05) is 6.07 Å². The number of benzene rings is 1. The summed E-state index contributed by atoms with van der Waals surface area (Å²) in [7, 11) is 0. The first-order valence-corrected chi connectivity index (χ1v) is 13.5. The molecular formula is C28H32N2O5. The number of amides is 2. The van der Waals surface area contributed by atoms with Crippen LogP contribution in [0.3, 0.4) is 0 Å². The Bertz CT molecular complexity index is 1190. The second kappa shape index (κ2) is 6.68. The predicted molar refractivity (Wildman–Crippen MR) is 126 cm³/mol. The van der Waals surface area contributed by atoms with E-state index in [1.165, 1.54) is 17.7 Å². The molecule has 1 aromatic carbocycles. The number of hydrogen-bond donors (Lipinski definition) is 2. The molecule has 0 unspecified atom stereocenters. The average molecular weight is 477 g/mol. The van der Waals surface area contributed by atoms with Crippen molar-refractivity contribution in [2.24, 2.45) is 5.92 Å². The second-order valence-corrected chi connectivity index (χ2v) is 12.0. The fourth-order valence-corrected chi connectivity index (χ4v) is 8.78. The highest BCUT2D eigenvalue weighted by Gasteiger charge is 2.74. The maximum Gasteiger partial charge on any atom is 0.257 e. The Labute approximate surface area is 204 Å². The summed E-state index contributed by atoms with van der Waals surface area (Å²) in [6.07, 6.45) is 7.74. The number of rotatable bonds is 3. The van der Waals surface area contributed by atoms with Crippen molar-refractivity contribution < 1.29 is 24.5 Å². The monoisotopic (exact) mass is 476 g/mol. The zero-order valence-electron chi connectivity index (χ0n) is 20.0. The lowest BCUT2D eigenvalue weighted by atomic mass is 9.48. The molecule has 1 saturated heterocycles. The lowest BCUT2D eigenvalue weighted by Crippen LogP contribution is -2.78. The van der Waals surface area contributed by atoms with Gasteiger partial charge < -0.3 is 14.9 Å². The van der Waals surface area contributed by atoms with Gasteiger partial charge in [0.05, 0.1) is 17.1 Å². The van der Waals surface area contributed by atoms with Crippen LogP contribution in [0.2, 0.25) is 0 Å². The number of carbonyl (C=O) groups is 2. The summed E-state index contributed by atoms with van der Waals surface area (Å²) in [5.41, 5.74) is 1.73. The molecule has 4 aliphatic carbocycles. The molecule has 7 aliphatic rings. The molecule has 2 N–H and O–H groups in total. The van der Waals surface area contributed by atoms with E-state index in [1.807, 2.05) is 6.07 Å². The van der Waals surface area contributed by atoms with Crippen molar-refractivity contribution in [1.82, 2.24) is 9.80 Å². The van der Waals surface area contributed by atoms with Gasteiger partial charge in [0.15, 0.2) is 11.5 Å². The molecule has 184 valence electrons. The van der Waals surface area contributed by atoms with Crippen LogP contribution < -0.4 is 4.74 Å². The highest BCUT2D eigenvalue weighted by Crippen LogP contribution is 2.66. The summed E-state index contributed by atoms with van der Waals surface area (Å²) < 4.78 is 6.59. The van der Waals surface area contributed by atoms with E-state index in [4.69, 9.17) is 4.74 Å². The number of aromatic hydroxyl groups is 1. The van der Waals surface area contributed by atoms with Gasteiger partial charge in [-0.3, -0.25) is 19.4 Å². The van der Waals surface area contributed by atoms with Crippen molar-refractivity contribution in [2.45, 2.75) is 93.4 Å². The zero-order chi connectivity index (χ0) is 23.7. The first kappa shape index (κ1) is 20.8. The SMILES string of the molecule is O=C1C2=C(CCCC2)C(=O)N1[C@@H]1CC[C@@]2(O)[C@@H]3Cc4ccc(O)c5c4[C@@]2(CCN3CC2CC2)[C@H]1O5. The number of phenols is 1. The van der Waals surface area contributed by atoms with Gasteiger partial charge >= 0.3 is 0 Å². The lowest BCUT2D eigenvalue weighted by Gasteiger charge is -2.64. The van der Waals surface area contributed by atoms with E-state index in [0.29, 0.717) is 49.0 Å². The summed E-state index contributed by atoms with van der Waals surface area (Å²) >= 11 is 0. The molecule has 2 saturated carbocycles. The maximum absolute atomic E-state index is 13.5. The molecule has 3 heterocycles. The van der Waals surface area contributed by atoms with Crippen molar-refractivity contribution in [1.29, 1.82) is 0 Å². The molecule has 5 atom stereocenters.